The van der Waals surface area contributed by atoms with Gasteiger partial charge in [0.15, 0.2) is 0 Å². The van der Waals surface area contributed by atoms with E-state index in [1.807, 2.05) is 13.8 Å². The van der Waals surface area contributed by atoms with Gasteiger partial charge in [0.2, 0.25) is 10.0 Å². The van der Waals surface area contributed by atoms with Crippen molar-refractivity contribution in [3.05, 3.63) is 29.3 Å². The van der Waals surface area contributed by atoms with Gasteiger partial charge in [-0.3, -0.25) is 4.79 Å². The highest BCUT2D eigenvalue weighted by molar-refractivity contribution is 7.89. The average Bonchev–Trinajstić information content (AvgIpc) is 3.06. The van der Waals surface area contributed by atoms with Gasteiger partial charge in [-0.15, -0.1) is 0 Å². The minimum Gasteiger partial charge on any atom is -0.480 e. The zero-order chi connectivity index (χ0) is 20.2. The Bertz CT molecular complexity index is 798. The standard InChI is InChI=1S/C19H28N2O5S/c1-12(2)10-16(19(23)24)20-18(22)14-9-8-13(3)17(11-14)27(25,26)21-15-6-4-5-7-15/h8-9,11-12,15-16,21H,4-7,10H2,1-3H3,(H,20,22)(H,23,24)/t16-/m1/s1. The van der Waals surface area contributed by atoms with Crippen molar-refractivity contribution in [2.24, 2.45) is 5.92 Å². The number of amides is 1. The Kier molecular flexibility index (Phi) is 7.00. The number of nitrogens with one attached hydrogen (secondary N) is 2. The summed E-state index contributed by atoms with van der Waals surface area (Å²) in [5, 5.41) is 11.8. The van der Waals surface area contributed by atoms with Crippen LogP contribution in [0, 0.1) is 12.8 Å². The van der Waals surface area contributed by atoms with Crippen molar-refractivity contribution in [3.8, 4) is 0 Å². The van der Waals surface area contributed by atoms with E-state index in [-0.39, 0.29) is 22.4 Å². The lowest BCUT2D eigenvalue weighted by molar-refractivity contribution is -0.139. The highest BCUT2D eigenvalue weighted by Gasteiger charge is 2.26. The molecule has 3 N–H and O–H groups in total. The molecule has 0 aromatic heterocycles. The molecule has 8 heteroatoms. The third-order valence-electron chi connectivity index (χ3n) is 4.73. The summed E-state index contributed by atoms with van der Waals surface area (Å²) in [7, 11) is -3.74. The smallest absolute Gasteiger partial charge is 0.326 e. The summed E-state index contributed by atoms with van der Waals surface area (Å²) >= 11 is 0. The first-order chi connectivity index (χ1) is 12.6. The topological polar surface area (TPSA) is 113 Å². The molecule has 1 amide bonds. The summed E-state index contributed by atoms with van der Waals surface area (Å²) in [6, 6.07) is 3.30. The fourth-order valence-corrected chi connectivity index (χ4v) is 4.87. The molecular weight excluding hydrogens is 368 g/mol. The largest absolute Gasteiger partial charge is 0.480 e. The predicted molar refractivity (Wildman–Crippen MR) is 102 cm³/mol. The number of hydrogen-bond donors (Lipinski definition) is 3. The van der Waals surface area contributed by atoms with Crippen molar-refractivity contribution in [1.29, 1.82) is 0 Å². The maximum Gasteiger partial charge on any atom is 0.326 e. The molecular formula is C19H28N2O5S. The third kappa shape index (κ3) is 5.77. The van der Waals surface area contributed by atoms with Crippen LogP contribution in [0.25, 0.3) is 0 Å². The second-order valence-corrected chi connectivity index (χ2v) is 9.26. The number of carbonyl (C=O) groups is 2. The van der Waals surface area contributed by atoms with E-state index in [2.05, 4.69) is 10.0 Å². The van der Waals surface area contributed by atoms with Crippen LogP contribution in [-0.4, -0.2) is 37.5 Å². The lowest BCUT2D eigenvalue weighted by Crippen LogP contribution is -2.41. The lowest BCUT2D eigenvalue weighted by Gasteiger charge is -2.18. The van der Waals surface area contributed by atoms with E-state index in [4.69, 9.17) is 0 Å². The van der Waals surface area contributed by atoms with E-state index in [1.54, 1.807) is 13.0 Å². The number of rotatable bonds is 8. The van der Waals surface area contributed by atoms with Crippen molar-refractivity contribution < 1.29 is 23.1 Å². The molecule has 7 nitrogen and oxygen atoms in total. The van der Waals surface area contributed by atoms with Crippen LogP contribution in [0.3, 0.4) is 0 Å². The molecule has 150 valence electrons. The van der Waals surface area contributed by atoms with Crippen molar-refractivity contribution in [2.75, 3.05) is 0 Å². The molecule has 1 aromatic rings. The van der Waals surface area contributed by atoms with Crippen LogP contribution in [0.5, 0.6) is 0 Å². The third-order valence-corrected chi connectivity index (χ3v) is 6.39. The molecule has 2 rings (SSSR count). The fraction of sp³-hybridized carbons (Fsp3) is 0.579. The molecule has 1 atom stereocenters. The van der Waals surface area contributed by atoms with Gasteiger partial charge in [0.25, 0.3) is 5.91 Å². The molecule has 27 heavy (non-hydrogen) atoms. The van der Waals surface area contributed by atoms with Gasteiger partial charge in [-0.05, 0) is 49.8 Å². The summed E-state index contributed by atoms with van der Waals surface area (Å²) in [4.78, 5) is 23.9. The monoisotopic (exact) mass is 396 g/mol. The summed E-state index contributed by atoms with van der Waals surface area (Å²) in [5.74, 6) is -1.61. The van der Waals surface area contributed by atoms with Crippen LogP contribution in [0.4, 0.5) is 0 Å². The SMILES string of the molecule is Cc1ccc(C(=O)N[C@H](CC(C)C)C(=O)O)cc1S(=O)(=O)NC1CCCC1. The molecule has 0 aliphatic heterocycles. The average molecular weight is 397 g/mol. The van der Waals surface area contributed by atoms with E-state index in [0.29, 0.717) is 12.0 Å². The number of benzene rings is 1. The highest BCUT2D eigenvalue weighted by atomic mass is 32.2. The minimum absolute atomic E-state index is 0.0535. The van der Waals surface area contributed by atoms with Crippen LogP contribution < -0.4 is 10.0 Å². The van der Waals surface area contributed by atoms with Gasteiger partial charge in [-0.2, -0.15) is 0 Å². The van der Waals surface area contributed by atoms with Gasteiger partial charge in [-0.1, -0.05) is 32.8 Å². The zero-order valence-corrected chi connectivity index (χ0v) is 16.8. The Labute approximate surface area is 160 Å². The molecule has 1 aliphatic carbocycles. The number of carboxylic acids is 1. The van der Waals surface area contributed by atoms with Crippen molar-refractivity contribution in [3.63, 3.8) is 0 Å². The van der Waals surface area contributed by atoms with Crippen molar-refractivity contribution in [1.82, 2.24) is 10.0 Å². The quantitative estimate of drug-likeness (QED) is 0.625. The molecule has 0 radical (unpaired) electrons. The first-order valence-corrected chi connectivity index (χ1v) is 10.7. The summed E-state index contributed by atoms with van der Waals surface area (Å²) < 4.78 is 28.2. The van der Waals surface area contributed by atoms with Gasteiger partial charge in [-0.25, -0.2) is 17.9 Å². The number of sulfonamides is 1. The summed E-state index contributed by atoms with van der Waals surface area (Å²) in [6.07, 6.45) is 3.92. The van der Waals surface area contributed by atoms with E-state index >= 15 is 0 Å². The minimum atomic E-state index is -3.74. The predicted octanol–water partition coefficient (Wildman–Crippen LogP) is 2.45. The van der Waals surface area contributed by atoms with Crippen molar-refractivity contribution >= 4 is 21.9 Å². The Morgan fingerprint density at radius 2 is 1.85 bits per heavy atom. The molecule has 0 heterocycles. The van der Waals surface area contributed by atoms with Gasteiger partial charge in [0.05, 0.1) is 4.90 Å². The molecule has 1 fully saturated rings. The number of hydrogen-bond acceptors (Lipinski definition) is 4. The van der Waals surface area contributed by atoms with E-state index < -0.39 is 27.9 Å². The zero-order valence-electron chi connectivity index (χ0n) is 16.0. The van der Waals surface area contributed by atoms with Gasteiger partial charge in [0.1, 0.15) is 6.04 Å². The Hall–Kier alpha value is -1.93. The normalized spacial score (nSPS) is 16.4. The molecule has 0 spiro atoms. The molecule has 0 unspecified atom stereocenters. The van der Waals surface area contributed by atoms with Crippen LogP contribution in [0.2, 0.25) is 0 Å². The number of aliphatic carboxylic acids is 1. The maximum absolute atomic E-state index is 12.7. The second kappa shape index (κ2) is 8.84. The lowest BCUT2D eigenvalue weighted by atomic mass is 10.0. The summed E-state index contributed by atoms with van der Waals surface area (Å²) in [5.41, 5.74) is 0.663. The Balaban J connectivity index is 2.22. The van der Waals surface area contributed by atoms with E-state index in [1.165, 1.54) is 12.1 Å². The summed E-state index contributed by atoms with van der Waals surface area (Å²) in [6.45, 7) is 5.41. The molecule has 1 saturated carbocycles. The van der Waals surface area contributed by atoms with Crippen LogP contribution in [0.15, 0.2) is 23.1 Å². The number of carbonyl (C=O) groups excluding carboxylic acids is 1. The van der Waals surface area contributed by atoms with Crippen LogP contribution in [-0.2, 0) is 14.8 Å². The fourth-order valence-electron chi connectivity index (χ4n) is 3.29. The molecule has 0 saturated heterocycles. The molecule has 1 aliphatic rings. The van der Waals surface area contributed by atoms with E-state index in [0.717, 1.165) is 25.7 Å². The Morgan fingerprint density at radius 3 is 2.41 bits per heavy atom. The van der Waals surface area contributed by atoms with Gasteiger partial charge >= 0.3 is 5.97 Å². The first kappa shape index (κ1) is 21.4. The van der Waals surface area contributed by atoms with E-state index in [9.17, 15) is 23.1 Å². The number of aryl methyl sites for hydroxylation is 1. The second-order valence-electron chi connectivity index (χ2n) is 7.58. The van der Waals surface area contributed by atoms with Crippen molar-refractivity contribution in [2.45, 2.75) is 69.9 Å². The number of carboxylic acid groups (broad SMARTS) is 1. The molecule has 0 bridgehead atoms. The van der Waals surface area contributed by atoms with Crippen LogP contribution >= 0.6 is 0 Å². The first-order valence-electron chi connectivity index (χ1n) is 9.27. The van der Waals surface area contributed by atoms with Gasteiger partial charge in [0, 0.05) is 11.6 Å². The Morgan fingerprint density at radius 1 is 1.22 bits per heavy atom. The highest BCUT2D eigenvalue weighted by Crippen LogP contribution is 2.23. The van der Waals surface area contributed by atoms with Crippen LogP contribution in [0.1, 0.15) is 61.9 Å². The van der Waals surface area contributed by atoms with Gasteiger partial charge < -0.3 is 10.4 Å². The molecule has 1 aromatic carbocycles. The maximum atomic E-state index is 12.7.